The summed E-state index contributed by atoms with van der Waals surface area (Å²) in [5.74, 6) is -0.318. The fourth-order valence-electron chi connectivity index (χ4n) is 3.34. The second-order valence-corrected chi connectivity index (χ2v) is 7.54. The zero-order chi connectivity index (χ0) is 19.7. The molecule has 1 amide bonds. The van der Waals surface area contributed by atoms with Gasteiger partial charge in [0, 0.05) is 23.1 Å². The van der Waals surface area contributed by atoms with Gasteiger partial charge in [0.25, 0.3) is 5.91 Å². The highest BCUT2D eigenvalue weighted by atomic mass is 79.9. The third kappa shape index (κ3) is 3.82. The van der Waals surface area contributed by atoms with Crippen LogP contribution in [0.25, 0.3) is 11.4 Å². The van der Waals surface area contributed by atoms with Gasteiger partial charge in [-0.05, 0) is 59.1 Å². The van der Waals surface area contributed by atoms with E-state index in [0.717, 1.165) is 12.8 Å². The lowest BCUT2D eigenvalue weighted by molar-refractivity contribution is 0.0694. The Balaban J connectivity index is 1.52. The first-order valence-electron chi connectivity index (χ1n) is 8.85. The van der Waals surface area contributed by atoms with E-state index in [0.29, 0.717) is 40.4 Å². The molecular weight excluding hydrogens is 432 g/mol. The number of nitrogens with zero attached hydrogens (tertiary/aromatic N) is 3. The van der Waals surface area contributed by atoms with Crippen LogP contribution < -0.4 is 0 Å². The number of aromatic nitrogens is 2. The minimum Gasteiger partial charge on any atom is -0.339 e. The molecule has 0 N–H and O–H groups in total. The van der Waals surface area contributed by atoms with Crippen LogP contribution in [0.3, 0.4) is 0 Å². The van der Waals surface area contributed by atoms with Crippen molar-refractivity contribution in [3.63, 3.8) is 0 Å². The quantitative estimate of drug-likeness (QED) is 0.578. The van der Waals surface area contributed by atoms with E-state index in [4.69, 9.17) is 4.52 Å². The van der Waals surface area contributed by atoms with Gasteiger partial charge in [0.05, 0.1) is 11.5 Å². The average molecular weight is 448 g/mol. The van der Waals surface area contributed by atoms with Crippen LogP contribution in [-0.4, -0.2) is 34.0 Å². The monoisotopic (exact) mass is 447 g/mol. The van der Waals surface area contributed by atoms with Crippen molar-refractivity contribution in [3.8, 4) is 11.4 Å². The molecule has 144 valence electrons. The second-order valence-electron chi connectivity index (χ2n) is 6.68. The lowest BCUT2D eigenvalue weighted by Crippen LogP contribution is -2.39. The predicted octanol–water partition coefficient (Wildman–Crippen LogP) is 4.80. The van der Waals surface area contributed by atoms with Gasteiger partial charge in [-0.25, -0.2) is 8.78 Å². The van der Waals surface area contributed by atoms with Crippen LogP contribution in [0, 0.1) is 11.6 Å². The number of hydrogen-bond acceptors (Lipinski definition) is 4. The molecule has 0 aliphatic carbocycles. The Bertz CT molecular complexity index is 1020. The van der Waals surface area contributed by atoms with Crippen molar-refractivity contribution in [2.75, 3.05) is 13.1 Å². The Kier molecular flexibility index (Phi) is 5.21. The average Bonchev–Trinajstić information content (AvgIpc) is 3.18. The van der Waals surface area contributed by atoms with E-state index in [1.165, 1.54) is 30.3 Å². The molecule has 1 fully saturated rings. The molecule has 1 saturated heterocycles. The minimum absolute atomic E-state index is 0.105. The van der Waals surface area contributed by atoms with E-state index in [1.54, 1.807) is 17.0 Å². The molecule has 5 nitrogen and oxygen atoms in total. The van der Waals surface area contributed by atoms with Crippen LogP contribution in [-0.2, 0) is 0 Å². The maximum Gasteiger partial charge on any atom is 0.255 e. The largest absolute Gasteiger partial charge is 0.339 e. The van der Waals surface area contributed by atoms with Gasteiger partial charge in [-0.2, -0.15) is 4.98 Å². The van der Waals surface area contributed by atoms with E-state index in [1.807, 2.05) is 0 Å². The van der Waals surface area contributed by atoms with E-state index in [-0.39, 0.29) is 17.6 Å². The van der Waals surface area contributed by atoms with Crippen molar-refractivity contribution < 1.29 is 18.1 Å². The molecule has 2 aromatic carbocycles. The van der Waals surface area contributed by atoms with Crippen molar-refractivity contribution in [1.82, 2.24) is 15.0 Å². The summed E-state index contributed by atoms with van der Waals surface area (Å²) >= 11 is 3.25. The maximum absolute atomic E-state index is 13.4. The Labute approximate surface area is 168 Å². The summed E-state index contributed by atoms with van der Waals surface area (Å²) in [7, 11) is 0. The number of carbonyl (C=O) groups excluding carboxylic acids is 1. The van der Waals surface area contributed by atoms with Gasteiger partial charge >= 0.3 is 0 Å². The number of piperidine rings is 1. The van der Waals surface area contributed by atoms with Crippen LogP contribution in [0.5, 0.6) is 0 Å². The third-order valence-corrected chi connectivity index (χ3v) is 5.40. The Hall–Kier alpha value is -2.61. The van der Waals surface area contributed by atoms with E-state index in [2.05, 4.69) is 26.1 Å². The molecule has 1 unspecified atom stereocenters. The normalized spacial score (nSPS) is 17.0. The lowest BCUT2D eigenvalue weighted by Gasteiger charge is -2.31. The third-order valence-electron chi connectivity index (χ3n) is 4.74. The Morgan fingerprint density at radius 3 is 2.79 bits per heavy atom. The highest BCUT2D eigenvalue weighted by molar-refractivity contribution is 9.10. The number of amides is 1. The maximum atomic E-state index is 13.4. The first-order valence-corrected chi connectivity index (χ1v) is 9.64. The molecule has 2 heterocycles. The second kappa shape index (κ2) is 7.79. The predicted molar refractivity (Wildman–Crippen MR) is 102 cm³/mol. The van der Waals surface area contributed by atoms with Crippen molar-refractivity contribution in [2.24, 2.45) is 0 Å². The SMILES string of the molecule is O=C(c1ccc(F)cc1Br)N1CCCC(c2nc(-c3cccc(F)c3)no2)C1. The first-order chi connectivity index (χ1) is 13.5. The molecular formula is C20H16BrF2N3O2. The van der Waals surface area contributed by atoms with Crippen LogP contribution in [0.1, 0.15) is 35.0 Å². The van der Waals surface area contributed by atoms with Crippen molar-refractivity contribution >= 4 is 21.8 Å². The number of likely N-dealkylation sites (tertiary alicyclic amines) is 1. The number of hydrogen-bond donors (Lipinski definition) is 0. The fourth-order valence-corrected chi connectivity index (χ4v) is 3.86. The zero-order valence-corrected chi connectivity index (χ0v) is 16.3. The first kappa shape index (κ1) is 18.7. The van der Waals surface area contributed by atoms with Crippen molar-refractivity contribution in [1.29, 1.82) is 0 Å². The molecule has 1 aliphatic heterocycles. The highest BCUT2D eigenvalue weighted by Crippen LogP contribution is 2.29. The molecule has 4 rings (SSSR count). The van der Waals surface area contributed by atoms with Crippen LogP contribution in [0.15, 0.2) is 51.5 Å². The molecule has 0 saturated carbocycles. The van der Waals surface area contributed by atoms with Gasteiger partial charge in [-0.3, -0.25) is 4.79 Å². The van der Waals surface area contributed by atoms with E-state index in [9.17, 15) is 13.6 Å². The van der Waals surface area contributed by atoms with Crippen molar-refractivity contribution in [2.45, 2.75) is 18.8 Å². The van der Waals surface area contributed by atoms with Gasteiger partial charge in [0.2, 0.25) is 11.7 Å². The summed E-state index contributed by atoms with van der Waals surface area (Å²) in [6.07, 6.45) is 1.59. The van der Waals surface area contributed by atoms with E-state index >= 15 is 0 Å². The number of rotatable bonds is 3. The standard InChI is InChI=1S/C20H16BrF2N3O2/c21-17-10-15(23)6-7-16(17)20(27)26-8-2-4-13(11-26)19-24-18(25-28-19)12-3-1-5-14(22)9-12/h1,3,5-7,9-10,13H,2,4,8,11H2. The molecule has 1 aliphatic rings. The topological polar surface area (TPSA) is 59.2 Å². The number of carbonyl (C=O) groups is 1. The summed E-state index contributed by atoms with van der Waals surface area (Å²) < 4.78 is 32.5. The molecule has 0 radical (unpaired) electrons. The molecule has 1 atom stereocenters. The number of benzene rings is 2. The van der Waals surface area contributed by atoms with Crippen LogP contribution in [0.2, 0.25) is 0 Å². The molecule has 3 aromatic rings. The summed E-state index contributed by atoms with van der Waals surface area (Å²) in [6.45, 7) is 1.03. The molecule has 1 aromatic heterocycles. The van der Waals surface area contributed by atoms with Gasteiger partial charge < -0.3 is 9.42 Å². The highest BCUT2D eigenvalue weighted by Gasteiger charge is 2.30. The Morgan fingerprint density at radius 2 is 2.00 bits per heavy atom. The van der Waals surface area contributed by atoms with Crippen LogP contribution >= 0.6 is 15.9 Å². The zero-order valence-electron chi connectivity index (χ0n) is 14.7. The van der Waals surface area contributed by atoms with Gasteiger partial charge in [-0.15, -0.1) is 0 Å². The number of halogens is 3. The smallest absolute Gasteiger partial charge is 0.255 e. The Morgan fingerprint density at radius 1 is 1.18 bits per heavy atom. The lowest BCUT2D eigenvalue weighted by atomic mass is 9.97. The molecule has 28 heavy (non-hydrogen) atoms. The van der Waals surface area contributed by atoms with Crippen molar-refractivity contribution in [3.05, 3.63) is 70.0 Å². The molecule has 8 heteroatoms. The summed E-state index contributed by atoms with van der Waals surface area (Å²) in [5.41, 5.74) is 0.946. The summed E-state index contributed by atoms with van der Waals surface area (Å²) in [4.78, 5) is 18.9. The fraction of sp³-hybridized carbons (Fsp3) is 0.250. The summed E-state index contributed by atoms with van der Waals surface area (Å²) in [6, 6.07) is 10.0. The van der Waals surface area contributed by atoms with Gasteiger partial charge in [0.15, 0.2) is 0 Å². The van der Waals surface area contributed by atoms with Gasteiger partial charge in [-0.1, -0.05) is 17.3 Å². The molecule has 0 spiro atoms. The molecule has 0 bridgehead atoms. The summed E-state index contributed by atoms with van der Waals surface area (Å²) in [5, 5.41) is 3.95. The minimum atomic E-state index is -0.407. The van der Waals surface area contributed by atoms with Crippen LogP contribution in [0.4, 0.5) is 8.78 Å². The van der Waals surface area contributed by atoms with Gasteiger partial charge in [0.1, 0.15) is 11.6 Å². The van der Waals surface area contributed by atoms with E-state index < -0.39 is 5.82 Å².